The standard InChI is InChI=1S/C33H38FNO.C4H6/c1-22-7-12-30(31(34)17-22)32-23(2)18-27(19-24(32)3)21-35-15-13-33(6,14-16-35)20-25(4)28-8-10-29(11-9-28)26(5)36;1-3-4-2/h7-12,17-19,36H,4-5,13-16,20-21H2,1-3,6H3;1H,4H2,2H3. The first-order valence-electron chi connectivity index (χ1n) is 14.1. The molecule has 210 valence electrons. The third kappa shape index (κ3) is 7.96. The predicted octanol–water partition coefficient (Wildman–Crippen LogP) is 9.68. The summed E-state index contributed by atoms with van der Waals surface area (Å²) in [5.41, 5.74) is 9.42. The van der Waals surface area contributed by atoms with Crippen LogP contribution in [0.4, 0.5) is 4.39 Å². The second-order valence-electron chi connectivity index (χ2n) is 11.5. The van der Waals surface area contributed by atoms with E-state index >= 15 is 0 Å². The number of likely N-dealkylation sites (tertiary alicyclic amines) is 1. The van der Waals surface area contributed by atoms with E-state index in [1.807, 2.05) is 50.2 Å². The molecule has 0 spiro atoms. The number of hydrogen-bond acceptors (Lipinski definition) is 2. The molecule has 1 heterocycles. The summed E-state index contributed by atoms with van der Waals surface area (Å²) in [4.78, 5) is 2.53. The SMILES string of the molecule is C#CCC.C=C(O)c1ccc(C(=C)CC2(C)CCN(Cc3cc(C)c(-c4ccc(C)cc4F)c(C)c3)CC2)cc1. The Balaban J connectivity index is 0.00000103. The molecule has 3 aromatic carbocycles. The molecule has 1 N–H and O–H groups in total. The van der Waals surface area contributed by atoms with Gasteiger partial charge in [-0.25, -0.2) is 4.39 Å². The summed E-state index contributed by atoms with van der Waals surface area (Å²) in [6.45, 7) is 21.4. The monoisotopic (exact) mass is 537 g/mol. The van der Waals surface area contributed by atoms with Gasteiger partial charge in [-0.3, -0.25) is 4.90 Å². The summed E-state index contributed by atoms with van der Waals surface area (Å²) in [6.07, 6.45) is 8.85. The van der Waals surface area contributed by atoms with Gasteiger partial charge in [-0.15, -0.1) is 12.3 Å². The van der Waals surface area contributed by atoms with E-state index < -0.39 is 0 Å². The first-order valence-corrected chi connectivity index (χ1v) is 14.1. The molecule has 1 aliphatic rings. The number of aliphatic hydroxyl groups excluding tert-OH is 1. The van der Waals surface area contributed by atoms with Gasteiger partial charge < -0.3 is 5.11 Å². The van der Waals surface area contributed by atoms with Crippen molar-refractivity contribution in [2.24, 2.45) is 5.41 Å². The highest BCUT2D eigenvalue weighted by molar-refractivity contribution is 5.72. The van der Waals surface area contributed by atoms with Gasteiger partial charge in [0.1, 0.15) is 11.6 Å². The first kappa shape index (κ1) is 30.9. The fraction of sp³-hybridized carbons (Fsp3) is 0.351. The minimum atomic E-state index is -0.152. The van der Waals surface area contributed by atoms with E-state index in [4.69, 9.17) is 6.42 Å². The lowest BCUT2D eigenvalue weighted by molar-refractivity contribution is 0.117. The third-order valence-corrected chi connectivity index (χ3v) is 7.93. The van der Waals surface area contributed by atoms with Crippen LogP contribution in [0.2, 0.25) is 0 Å². The van der Waals surface area contributed by atoms with E-state index in [0.717, 1.165) is 84.3 Å². The normalized spacial score (nSPS) is 14.5. The average molecular weight is 538 g/mol. The Morgan fingerprint density at radius 1 is 0.975 bits per heavy atom. The molecule has 1 aliphatic heterocycles. The molecule has 40 heavy (non-hydrogen) atoms. The number of nitrogens with zero attached hydrogens (tertiary/aromatic N) is 1. The van der Waals surface area contributed by atoms with Crippen molar-refractivity contribution in [2.75, 3.05) is 13.1 Å². The van der Waals surface area contributed by atoms with E-state index in [-0.39, 0.29) is 17.0 Å². The lowest BCUT2D eigenvalue weighted by Gasteiger charge is -2.40. The van der Waals surface area contributed by atoms with Crippen LogP contribution < -0.4 is 0 Å². The van der Waals surface area contributed by atoms with Gasteiger partial charge in [-0.2, -0.15) is 0 Å². The maximum Gasteiger partial charge on any atom is 0.131 e. The smallest absolute Gasteiger partial charge is 0.131 e. The van der Waals surface area contributed by atoms with Crippen LogP contribution in [0.5, 0.6) is 0 Å². The number of rotatable bonds is 7. The molecule has 0 saturated carbocycles. The van der Waals surface area contributed by atoms with Crippen LogP contribution >= 0.6 is 0 Å². The maximum absolute atomic E-state index is 14.7. The van der Waals surface area contributed by atoms with E-state index in [1.54, 1.807) is 6.07 Å². The number of aryl methyl sites for hydroxylation is 3. The molecule has 1 fully saturated rings. The number of halogens is 1. The van der Waals surface area contributed by atoms with Crippen LogP contribution in [-0.2, 0) is 6.54 Å². The second-order valence-corrected chi connectivity index (χ2v) is 11.5. The van der Waals surface area contributed by atoms with Crippen molar-refractivity contribution in [1.29, 1.82) is 0 Å². The molecule has 3 heteroatoms. The number of aliphatic hydroxyl groups is 1. The van der Waals surface area contributed by atoms with Crippen molar-refractivity contribution in [3.63, 3.8) is 0 Å². The summed E-state index contributed by atoms with van der Waals surface area (Å²) in [6, 6.07) is 17.8. The lowest BCUT2D eigenvalue weighted by atomic mass is 9.74. The minimum absolute atomic E-state index is 0.0915. The molecule has 0 amide bonds. The summed E-state index contributed by atoms with van der Waals surface area (Å²) in [7, 11) is 0. The van der Waals surface area contributed by atoms with Crippen LogP contribution in [0.1, 0.15) is 72.9 Å². The molecule has 0 bridgehead atoms. The Hall–Kier alpha value is -3.61. The van der Waals surface area contributed by atoms with Crippen molar-refractivity contribution in [3.8, 4) is 23.5 Å². The van der Waals surface area contributed by atoms with Crippen LogP contribution in [0.3, 0.4) is 0 Å². The Labute approximate surface area is 241 Å². The number of hydrogen-bond donors (Lipinski definition) is 1. The predicted molar refractivity (Wildman–Crippen MR) is 170 cm³/mol. The van der Waals surface area contributed by atoms with Gasteiger partial charge in [0.2, 0.25) is 0 Å². The van der Waals surface area contributed by atoms with Gasteiger partial charge in [0.15, 0.2) is 0 Å². The van der Waals surface area contributed by atoms with E-state index in [0.29, 0.717) is 5.56 Å². The molecule has 2 nitrogen and oxygen atoms in total. The summed E-state index contributed by atoms with van der Waals surface area (Å²) >= 11 is 0. The number of terminal acetylenes is 1. The van der Waals surface area contributed by atoms with Gasteiger partial charge >= 0.3 is 0 Å². The number of piperidine rings is 1. The van der Waals surface area contributed by atoms with Crippen LogP contribution in [0.15, 0.2) is 67.8 Å². The van der Waals surface area contributed by atoms with Crippen LogP contribution in [0.25, 0.3) is 22.5 Å². The third-order valence-electron chi connectivity index (χ3n) is 7.93. The lowest BCUT2D eigenvalue weighted by Crippen LogP contribution is -2.38. The van der Waals surface area contributed by atoms with Crippen LogP contribution in [0, 0.1) is 44.3 Å². The zero-order chi connectivity index (χ0) is 29.4. The summed E-state index contributed by atoms with van der Waals surface area (Å²) < 4.78 is 14.7. The largest absolute Gasteiger partial charge is 0.508 e. The average Bonchev–Trinajstić information content (AvgIpc) is 2.91. The molecule has 0 aromatic heterocycles. The Kier molecular flexibility index (Phi) is 10.5. The highest BCUT2D eigenvalue weighted by atomic mass is 19.1. The Morgan fingerprint density at radius 3 is 2.02 bits per heavy atom. The molecule has 4 rings (SSSR count). The van der Waals surface area contributed by atoms with Crippen molar-refractivity contribution >= 4 is 11.3 Å². The zero-order valence-electron chi connectivity index (χ0n) is 24.9. The topological polar surface area (TPSA) is 23.5 Å². The Bertz CT molecular complexity index is 1360. The van der Waals surface area contributed by atoms with Gasteiger partial charge in [-0.05, 0) is 104 Å². The molecular formula is C37H44FNO. The molecule has 1 saturated heterocycles. The number of benzene rings is 3. The molecule has 0 aliphatic carbocycles. The van der Waals surface area contributed by atoms with Crippen molar-refractivity contribution in [1.82, 2.24) is 4.90 Å². The maximum atomic E-state index is 14.7. The highest BCUT2D eigenvalue weighted by Gasteiger charge is 2.31. The van der Waals surface area contributed by atoms with Crippen molar-refractivity contribution in [2.45, 2.75) is 66.8 Å². The summed E-state index contributed by atoms with van der Waals surface area (Å²) in [5, 5.41) is 9.57. The fourth-order valence-corrected chi connectivity index (χ4v) is 5.59. The first-order chi connectivity index (χ1) is 19.0. The van der Waals surface area contributed by atoms with Gasteiger partial charge in [0, 0.05) is 24.1 Å². The molecule has 3 aromatic rings. The summed E-state index contributed by atoms with van der Waals surface area (Å²) in [5.74, 6) is 2.37. The zero-order valence-corrected chi connectivity index (χ0v) is 24.9. The Morgan fingerprint density at radius 2 is 1.52 bits per heavy atom. The molecular weight excluding hydrogens is 493 g/mol. The minimum Gasteiger partial charge on any atom is -0.508 e. The van der Waals surface area contributed by atoms with Gasteiger partial charge in [0.25, 0.3) is 0 Å². The molecule has 0 radical (unpaired) electrons. The van der Waals surface area contributed by atoms with Gasteiger partial charge in [-0.1, -0.05) is 75.5 Å². The highest BCUT2D eigenvalue weighted by Crippen LogP contribution is 2.40. The van der Waals surface area contributed by atoms with Crippen LogP contribution in [-0.4, -0.2) is 23.1 Å². The van der Waals surface area contributed by atoms with E-state index in [9.17, 15) is 9.50 Å². The molecule has 0 unspecified atom stereocenters. The quantitative estimate of drug-likeness (QED) is 0.239. The van der Waals surface area contributed by atoms with E-state index in [2.05, 4.69) is 56.9 Å². The molecule has 0 atom stereocenters. The van der Waals surface area contributed by atoms with Crippen molar-refractivity contribution in [3.05, 3.63) is 107 Å². The number of allylic oxidation sites excluding steroid dienone is 1. The van der Waals surface area contributed by atoms with Gasteiger partial charge in [0.05, 0.1) is 0 Å². The second kappa shape index (κ2) is 13.6. The fourth-order valence-electron chi connectivity index (χ4n) is 5.59. The van der Waals surface area contributed by atoms with E-state index in [1.165, 1.54) is 5.56 Å². The van der Waals surface area contributed by atoms with Crippen molar-refractivity contribution < 1.29 is 9.50 Å².